The van der Waals surface area contributed by atoms with Crippen LogP contribution in [0.25, 0.3) is 0 Å². The summed E-state index contributed by atoms with van der Waals surface area (Å²) in [5.74, 6) is 0.699. The molecule has 6 heteroatoms. The molecule has 1 N–H and O–H groups in total. The van der Waals surface area contributed by atoms with Crippen molar-refractivity contribution in [3.8, 4) is 0 Å². The van der Waals surface area contributed by atoms with Gasteiger partial charge in [-0.1, -0.05) is 6.92 Å². The minimum absolute atomic E-state index is 0.00676. The monoisotopic (exact) mass is 291 g/mol. The molecule has 21 heavy (non-hydrogen) atoms. The summed E-state index contributed by atoms with van der Waals surface area (Å²) >= 11 is 0. The Bertz CT molecular complexity index is 462. The number of likely N-dealkylation sites (N-methyl/N-ethyl adjacent to an activating group) is 1. The van der Waals surface area contributed by atoms with Crippen LogP contribution in [0.3, 0.4) is 0 Å². The highest BCUT2D eigenvalue weighted by atomic mass is 16.2. The number of hydrogen-bond acceptors (Lipinski definition) is 5. The second-order valence-corrected chi connectivity index (χ2v) is 5.51. The maximum absolute atomic E-state index is 12.7. The average molecular weight is 291 g/mol. The molecular formula is C15H25N5O. The van der Waals surface area contributed by atoms with E-state index in [0.717, 1.165) is 39.0 Å². The topological polar surface area (TPSA) is 61.4 Å². The first-order valence-electron chi connectivity index (χ1n) is 7.72. The third-order valence-corrected chi connectivity index (χ3v) is 3.88. The zero-order chi connectivity index (χ0) is 15.2. The fraction of sp³-hybridized carbons (Fsp3) is 0.667. The molecule has 1 unspecified atom stereocenters. The quantitative estimate of drug-likeness (QED) is 0.910. The van der Waals surface area contributed by atoms with E-state index in [0.29, 0.717) is 11.5 Å². The zero-order valence-electron chi connectivity index (χ0n) is 13.2. The van der Waals surface area contributed by atoms with E-state index in [1.807, 2.05) is 17.9 Å². The van der Waals surface area contributed by atoms with Crippen molar-refractivity contribution in [3.63, 3.8) is 0 Å². The van der Waals surface area contributed by atoms with E-state index < -0.39 is 0 Å². The van der Waals surface area contributed by atoms with Gasteiger partial charge in [-0.3, -0.25) is 4.79 Å². The fourth-order valence-electron chi connectivity index (χ4n) is 2.73. The van der Waals surface area contributed by atoms with Gasteiger partial charge in [-0.05, 0) is 45.5 Å². The molecule has 0 radical (unpaired) electrons. The van der Waals surface area contributed by atoms with E-state index in [2.05, 4.69) is 34.4 Å². The molecule has 0 aromatic carbocycles. The molecule has 1 aromatic heterocycles. The average Bonchev–Trinajstić information content (AvgIpc) is 2.69. The minimum Gasteiger partial charge on any atom is -0.369 e. The summed E-state index contributed by atoms with van der Waals surface area (Å²) in [5.41, 5.74) is 0.430. The largest absolute Gasteiger partial charge is 0.369 e. The Hall–Kier alpha value is -1.69. The summed E-state index contributed by atoms with van der Waals surface area (Å²) in [6.45, 7) is 7.66. The summed E-state index contributed by atoms with van der Waals surface area (Å²) < 4.78 is 0. The Morgan fingerprint density at radius 2 is 2.14 bits per heavy atom. The summed E-state index contributed by atoms with van der Waals surface area (Å²) in [6.07, 6.45) is 1.96. The van der Waals surface area contributed by atoms with E-state index in [4.69, 9.17) is 0 Å². The van der Waals surface area contributed by atoms with Gasteiger partial charge in [-0.15, -0.1) is 10.2 Å². The Balaban J connectivity index is 2.12. The lowest BCUT2D eigenvalue weighted by Crippen LogP contribution is -2.43. The summed E-state index contributed by atoms with van der Waals surface area (Å²) in [7, 11) is 2.11. The van der Waals surface area contributed by atoms with Gasteiger partial charge in [-0.25, -0.2) is 0 Å². The van der Waals surface area contributed by atoms with Gasteiger partial charge in [0.1, 0.15) is 5.82 Å². The van der Waals surface area contributed by atoms with Gasteiger partial charge in [0.2, 0.25) is 0 Å². The number of nitrogens with zero attached hydrogens (tertiary/aromatic N) is 4. The molecule has 1 atom stereocenters. The summed E-state index contributed by atoms with van der Waals surface area (Å²) in [4.78, 5) is 16.9. The lowest BCUT2D eigenvalue weighted by atomic mass is 10.1. The van der Waals surface area contributed by atoms with Gasteiger partial charge < -0.3 is 15.1 Å². The first kappa shape index (κ1) is 15.7. The molecule has 0 aliphatic carbocycles. The highest BCUT2D eigenvalue weighted by Gasteiger charge is 2.27. The van der Waals surface area contributed by atoms with Crippen molar-refractivity contribution in [1.82, 2.24) is 20.0 Å². The van der Waals surface area contributed by atoms with Crippen LogP contribution in [0.4, 0.5) is 5.82 Å². The van der Waals surface area contributed by atoms with Crippen molar-refractivity contribution in [2.24, 2.45) is 0 Å². The van der Waals surface area contributed by atoms with Gasteiger partial charge in [-0.2, -0.15) is 0 Å². The fourth-order valence-corrected chi connectivity index (χ4v) is 2.73. The van der Waals surface area contributed by atoms with Crippen molar-refractivity contribution in [2.75, 3.05) is 38.5 Å². The Labute approximate surface area is 126 Å². The normalized spacial score (nSPS) is 20.1. The molecule has 0 saturated carbocycles. The standard InChI is InChI=1S/C15H25N5O/c1-4-12-11-19(3)9-6-10-20(12)15(21)13-7-8-14(16-5-2)18-17-13/h7-8,12H,4-6,9-11H2,1-3H3,(H,16,18). The molecule has 0 bridgehead atoms. The minimum atomic E-state index is -0.00676. The van der Waals surface area contributed by atoms with E-state index >= 15 is 0 Å². The highest BCUT2D eigenvalue weighted by molar-refractivity contribution is 5.92. The van der Waals surface area contributed by atoms with Crippen LogP contribution in [0.15, 0.2) is 12.1 Å². The lowest BCUT2D eigenvalue weighted by Gasteiger charge is -2.29. The molecule has 1 aromatic rings. The lowest BCUT2D eigenvalue weighted by molar-refractivity contribution is 0.0668. The molecule has 1 amide bonds. The SMILES string of the molecule is CCNc1ccc(C(=O)N2CCCN(C)CC2CC)nn1. The van der Waals surface area contributed by atoms with Crippen LogP contribution in [-0.4, -0.2) is 65.2 Å². The Kier molecular flexibility index (Phi) is 5.50. The molecule has 1 aliphatic heterocycles. The van der Waals surface area contributed by atoms with Gasteiger partial charge in [0.15, 0.2) is 5.69 Å². The highest BCUT2D eigenvalue weighted by Crippen LogP contribution is 2.15. The van der Waals surface area contributed by atoms with E-state index in [9.17, 15) is 4.79 Å². The predicted octanol–water partition coefficient (Wildman–Crippen LogP) is 1.46. The molecule has 116 valence electrons. The second kappa shape index (κ2) is 7.36. The number of nitrogens with one attached hydrogen (secondary N) is 1. The number of hydrogen-bond donors (Lipinski definition) is 1. The number of amides is 1. The zero-order valence-corrected chi connectivity index (χ0v) is 13.2. The smallest absolute Gasteiger partial charge is 0.274 e. The van der Waals surface area contributed by atoms with E-state index in [1.54, 1.807) is 6.07 Å². The van der Waals surface area contributed by atoms with Crippen molar-refractivity contribution in [2.45, 2.75) is 32.7 Å². The van der Waals surface area contributed by atoms with Crippen LogP contribution >= 0.6 is 0 Å². The number of carbonyl (C=O) groups excluding carboxylic acids is 1. The molecule has 2 rings (SSSR count). The van der Waals surface area contributed by atoms with Crippen LogP contribution in [0, 0.1) is 0 Å². The van der Waals surface area contributed by atoms with Crippen LogP contribution < -0.4 is 5.32 Å². The molecule has 0 spiro atoms. The van der Waals surface area contributed by atoms with Gasteiger partial charge in [0.05, 0.1) is 0 Å². The van der Waals surface area contributed by atoms with Crippen molar-refractivity contribution < 1.29 is 4.79 Å². The summed E-state index contributed by atoms with van der Waals surface area (Å²) in [5, 5.41) is 11.2. The summed E-state index contributed by atoms with van der Waals surface area (Å²) in [6, 6.07) is 3.82. The maximum Gasteiger partial charge on any atom is 0.274 e. The van der Waals surface area contributed by atoms with Gasteiger partial charge >= 0.3 is 0 Å². The molecule has 6 nitrogen and oxygen atoms in total. The molecular weight excluding hydrogens is 266 g/mol. The third kappa shape index (κ3) is 3.91. The number of rotatable bonds is 4. The second-order valence-electron chi connectivity index (χ2n) is 5.51. The van der Waals surface area contributed by atoms with Crippen molar-refractivity contribution in [3.05, 3.63) is 17.8 Å². The number of aromatic nitrogens is 2. The molecule has 1 saturated heterocycles. The number of anilines is 1. The Morgan fingerprint density at radius 1 is 1.33 bits per heavy atom. The van der Waals surface area contributed by atoms with Gasteiger partial charge in [0.25, 0.3) is 5.91 Å². The first-order chi connectivity index (χ1) is 10.2. The first-order valence-corrected chi connectivity index (χ1v) is 7.72. The maximum atomic E-state index is 12.7. The predicted molar refractivity (Wildman–Crippen MR) is 83.4 cm³/mol. The van der Waals surface area contributed by atoms with E-state index in [1.165, 1.54) is 0 Å². The van der Waals surface area contributed by atoms with Crippen LogP contribution in [0.2, 0.25) is 0 Å². The third-order valence-electron chi connectivity index (χ3n) is 3.88. The van der Waals surface area contributed by atoms with Crippen molar-refractivity contribution >= 4 is 11.7 Å². The van der Waals surface area contributed by atoms with Crippen molar-refractivity contribution in [1.29, 1.82) is 0 Å². The van der Waals surface area contributed by atoms with Crippen LogP contribution in [0.1, 0.15) is 37.2 Å². The molecule has 1 aliphatic rings. The Morgan fingerprint density at radius 3 is 2.76 bits per heavy atom. The molecule has 1 fully saturated rings. The molecule has 2 heterocycles. The van der Waals surface area contributed by atoms with Crippen LogP contribution in [-0.2, 0) is 0 Å². The van der Waals surface area contributed by atoms with Crippen LogP contribution in [0.5, 0.6) is 0 Å². The number of carbonyl (C=O) groups is 1. The van der Waals surface area contributed by atoms with Gasteiger partial charge in [0, 0.05) is 25.7 Å². The van der Waals surface area contributed by atoms with E-state index in [-0.39, 0.29) is 11.9 Å².